The average molecular weight is 620 g/mol. The number of fused-ring (bicyclic) bond motifs is 3. The van der Waals surface area contributed by atoms with E-state index >= 15 is 0 Å². The Balaban J connectivity index is 1.23. The van der Waals surface area contributed by atoms with Crippen molar-refractivity contribution in [1.82, 2.24) is 19.7 Å². The molecule has 0 N–H and O–H groups in total. The van der Waals surface area contributed by atoms with E-state index in [1.165, 1.54) is 12.1 Å². The Labute approximate surface area is 265 Å². The van der Waals surface area contributed by atoms with Gasteiger partial charge in [0.15, 0.2) is 0 Å². The van der Waals surface area contributed by atoms with Crippen LogP contribution in [0.4, 0.5) is 14.9 Å². The van der Waals surface area contributed by atoms with Crippen molar-refractivity contribution in [1.29, 1.82) is 0 Å². The van der Waals surface area contributed by atoms with Crippen LogP contribution in [0.15, 0.2) is 36.5 Å². The summed E-state index contributed by atoms with van der Waals surface area (Å²) in [5, 5.41) is 0. The molecule has 1 aliphatic carbocycles. The molecule has 1 aromatic carbocycles. The molecule has 2 aromatic rings. The molecule has 1 saturated carbocycles. The highest BCUT2D eigenvalue weighted by Gasteiger charge is 2.48. The molecule has 3 fully saturated rings. The number of piperidine rings is 1. The number of hydrogen-bond acceptors (Lipinski definition) is 6. The average Bonchev–Trinajstić information content (AvgIpc) is 3.63. The molecule has 4 heterocycles. The van der Waals surface area contributed by atoms with Gasteiger partial charge in [0, 0.05) is 61.8 Å². The predicted molar refractivity (Wildman–Crippen MR) is 169 cm³/mol. The fraction of sp³-hybridized carbons (Fsp3) is 0.600. The van der Waals surface area contributed by atoms with Crippen LogP contribution < -0.4 is 4.90 Å². The normalized spacial score (nSPS) is 26.0. The number of benzene rings is 1. The zero-order chi connectivity index (χ0) is 32.3. The van der Waals surface area contributed by atoms with Gasteiger partial charge in [0.2, 0.25) is 11.8 Å². The number of rotatable bonds is 6. The Morgan fingerprint density at radius 2 is 1.82 bits per heavy atom. The van der Waals surface area contributed by atoms with E-state index in [-0.39, 0.29) is 59.7 Å². The van der Waals surface area contributed by atoms with Gasteiger partial charge in [-0.15, -0.1) is 0 Å². The minimum Gasteiger partial charge on any atom is -0.444 e. The Kier molecular flexibility index (Phi) is 8.16. The number of piperazine rings is 1. The van der Waals surface area contributed by atoms with Crippen LogP contribution in [-0.2, 0) is 26.2 Å². The first-order chi connectivity index (χ1) is 21.2. The quantitative estimate of drug-likeness (QED) is 0.464. The highest BCUT2D eigenvalue weighted by Crippen LogP contribution is 2.41. The van der Waals surface area contributed by atoms with E-state index in [2.05, 4.69) is 18.7 Å². The van der Waals surface area contributed by atoms with Gasteiger partial charge in [-0.25, -0.2) is 9.18 Å². The smallest absolute Gasteiger partial charge is 0.410 e. The topological polar surface area (TPSA) is 86.3 Å². The molecule has 242 valence electrons. The largest absolute Gasteiger partial charge is 0.444 e. The fourth-order valence-corrected chi connectivity index (χ4v) is 7.59. The van der Waals surface area contributed by atoms with Crippen LogP contribution in [0.1, 0.15) is 77.6 Å². The van der Waals surface area contributed by atoms with Crippen molar-refractivity contribution in [2.75, 3.05) is 37.6 Å². The highest BCUT2D eigenvalue weighted by molar-refractivity contribution is 5.97. The molecule has 4 aliphatic rings. The third-order valence-electron chi connectivity index (χ3n) is 9.84. The maximum Gasteiger partial charge on any atom is 0.410 e. The van der Waals surface area contributed by atoms with Crippen molar-refractivity contribution in [3.05, 3.63) is 59.2 Å². The maximum absolute atomic E-state index is 14.2. The predicted octanol–water partition coefficient (Wildman–Crippen LogP) is 4.76. The van der Waals surface area contributed by atoms with E-state index in [1.54, 1.807) is 17.0 Å². The second-order valence-electron chi connectivity index (χ2n) is 15.1. The summed E-state index contributed by atoms with van der Waals surface area (Å²) in [4.78, 5) is 53.1. The van der Waals surface area contributed by atoms with Crippen LogP contribution in [-0.4, -0.2) is 94.0 Å². The minimum atomic E-state index is -0.622. The fourth-order valence-electron chi connectivity index (χ4n) is 7.59. The van der Waals surface area contributed by atoms with Crippen molar-refractivity contribution >= 4 is 23.6 Å². The monoisotopic (exact) mass is 619 g/mol. The molecular formula is C35H46FN5O4. The maximum atomic E-state index is 14.2. The number of ether oxygens (including phenoxy) is 1. The van der Waals surface area contributed by atoms with E-state index in [4.69, 9.17) is 9.72 Å². The third kappa shape index (κ3) is 6.44. The van der Waals surface area contributed by atoms with Crippen LogP contribution in [0, 0.1) is 11.7 Å². The van der Waals surface area contributed by atoms with Crippen molar-refractivity contribution in [2.45, 2.75) is 96.4 Å². The van der Waals surface area contributed by atoms with Crippen LogP contribution in [0.2, 0.25) is 0 Å². The number of aromatic nitrogens is 1. The molecule has 2 bridgehead atoms. The van der Waals surface area contributed by atoms with Crippen molar-refractivity contribution in [3.8, 4) is 0 Å². The number of carbonyl (C=O) groups is 3. The number of likely N-dealkylation sites (tertiary alicyclic amines) is 1. The Morgan fingerprint density at radius 1 is 1.09 bits per heavy atom. The van der Waals surface area contributed by atoms with Gasteiger partial charge >= 0.3 is 6.09 Å². The van der Waals surface area contributed by atoms with Crippen LogP contribution in [0.3, 0.4) is 0 Å². The van der Waals surface area contributed by atoms with E-state index in [0.717, 1.165) is 41.8 Å². The third-order valence-corrected chi connectivity index (χ3v) is 9.84. The van der Waals surface area contributed by atoms with Crippen LogP contribution in [0.5, 0.6) is 0 Å². The number of anilines is 1. The molecular weight excluding hydrogens is 573 g/mol. The lowest BCUT2D eigenvalue weighted by atomic mass is 9.91. The van der Waals surface area contributed by atoms with Crippen molar-refractivity contribution in [2.24, 2.45) is 5.92 Å². The zero-order valence-electron chi connectivity index (χ0n) is 27.4. The number of amides is 3. The molecule has 45 heavy (non-hydrogen) atoms. The first kappa shape index (κ1) is 31.5. The number of carbonyl (C=O) groups excluding carboxylic acids is 3. The molecule has 4 unspecified atom stereocenters. The van der Waals surface area contributed by atoms with Gasteiger partial charge in [0.1, 0.15) is 11.4 Å². The molecule has 3 aliphatic heterocycles. The Morgan fingerprint density at radius 3 is 2.49 bits per heavy atom. The molecule has 0 spiro atoms. The summed E-state index contributed by atoms with van der Waals surface area (Å²) < 4.78 is 19.2. The van der Waals surface area contributed by atoms with Gasteiger partial charge in [0.05, 0.1) is 17.9 Å². The molecule has 9 nitrogen and oxygen atoms in total. The molecule has 0 radical (unpaired) electrons. The molecule has 4 atom stereocenters. The second kappa shape index (κ2) is 11.7. The van der Waals surface area contributed by atoms with Crippen molar-refractivity contribution < 1.29 is 23.5 Å². The molecule has 1 aromatic heterocycles. The summed E-state index contributed by atoms with van der Waals surface area (Å²) in [7, 11) is 0. The van der Waals surface area contributed by atoms with Gasteiger partial charge in [-0.3, -0.25) is 19.5 Å². The number of halogens is 1. The Bertz CT molecular complexity index is 1470. The van der Waals surface area contributed by atoms with Crippen LogP contribution in [0.25, 0.3) is 0 Å². The van der Waals surface area contributed by atoms with Crippen molar-refractivity contribution in [3.63, 3.8) is 0 Å². The lowest BCUT2D eigenvalue weighted by molar-refractivity contribution is -0.135. The first-order valence-corrected chi connectivity index (χ1v) is 16.3. The van der Waals surface area contributed by atoms with E-state index in [0.29, 0.717) is 32.6 Å². The lowest BCUT2D eigenvalue weighted by Crippen LogP contribution is -2.64. The van der Waals surface area contributed by atoms with Gasteiger partial charge in [-0.2, -0.15) is 0 Å². The number of nitrogens with zero attached hydrogens (tertiary/aromatic N) is 5. The molecule has 6 rings (SSSR count). The van der Waals surface area contributed by atoms with E-state index in [1.807, 2.05) is 49.8 Å². The molecule has 10 heteroatoms. The number of pyridine rings is 1. The highest BCUT2D eigenvalue weighted by atomic mass is 19.1. The van der Waals surface area contributed by atoms with E-state index < -0.39 is 5.60 Å². The summed E-state index contributed by atoms with van der Waals surface area (Å²) in [6.45, 7) is 13.8. The van der Waals surface area contributed by atoms with Gasteiger partial charge in [-0.1, -0.05) is 26.0 Å². The zero-order valence-corrected chi connectivity index (χ0v) is 27.4. The lowest BCUT2D eigenvalue weighted by Gasteiger charge is -2.47. The summed E-state index contributed by atoms with van der Waals surface area (Å²) >= 11 is 0. The first-order valence-electron chi connectivity index (χ1n) is 16.3. The summed E-state index contributed by atoms with van der Waals surface area (Å²) in [5.74, 6) is 0.00897. The summed E-state index contributed by atoms with van der Waals surface area (Å²) in [6, 6.07) is 8.37. The van der Waals surface area contributed by atoms with E-state index in [9.17, 15) is 18.8 Å². The standard InChI is InChI=1S/C35H46FN5O4/c1-22-17-38(28(18-39(22)33(44)45-34(2,3)4)19-40-27-12-9-25(15-27)32(40)43)20-30(42)41-21-35(5,6)31-29(41)14-24(16-37-31)13-23-7-10-26(36)11-8-23/h7-8,10-11,14,16,22,25,27-28H,9,12-13,15,17-21H2,1-6H3. The second-order valence-corrected chi connectivity index (χ2v) is 15.1. The van der Waals surface area contributed by atoms with Gasteiger partial charge in [-0.05, 0) is 82.7 Å². The molecule has 2 saturated heterocycles. The Hall–Kier alpha value is -3.53. The molecule has 3 amide bonds. The SMILES string of the molecule is CC1CN(CC(=O)N2CC(C)(C)c3ncc(Cc4ccc(F)cc4)cc32)C(CN2C(=O)C3CCC2C3)CN1C(=O)OC(C)(C)C. The number of hydrogen-bond donors (Lipinski definition) is 0. The van der Waals surface area contributed by atoms with Gasteiger partial charge in [0.25, 0.3) is 0 Å². The van der Waals surface area contributed by atoms with Gasteiger partial charge < -0.3 is 19.4 Å². The van der Waals surface area contributed by atoms with Crippen LogP contribution >= 0.6 is 0 Å². The summed E-state index contributed by atoms with van der Waals surface area (Å²) in [5.41, 5.74) is 2.69. The minimum absolute atomic E-state index is 0.0280. The summed E-state index contributed by atoms with van der Waals surface area (Å²) in [6.07, 6.45) is 4.95.